The summed E-state index contributed by atoms with van der Waals surface area (Å²) in [5, 5.41) is 0. The minimum Gasteiger partial charge on any atom is -1.00 e. The molecule has 0 nitrogen and oxygen atoms in total. The molecule has 0 bridgehead atoms. The number of unbranched alkanes of at least 4 members (excludes halogenated alkanes) is 2. The average Bonchev–Trinajstić information content (AvgIpc) is 3.44. The zero-order chi connectivity index (χ0) is 23.4. The molecule has 0 amide bonds. The summed E-state index contributed by atoms with van der Waals surface area (Å²) < 4.78 is 0. The SMILES string of the molecule is CCCC[Si]1([C-]2CCC3C=CC=CC23)CCC1.CCCC[Si]1([C-]2CCC3C=CC=CC23)CCC1.[Cl-].[Cl-].[Ti+4]. The third-order valence-corrected chi connectivity index (χ3v) is 22.6. The summed E-state index contributed by atoms with van der Waals surface area (Å²) in [6.45, 7) is 4.71. The Hall–Kier alpha value is 0.688. The number of hydrogen-bond acceptors (Lipinski definition) is 0. The fourth-order valence-corrected chi connectivity index (χ4v) is 19.3. The van der Waals surface area contributed by atoms with Gasteiger partial charge in [0, 0.05) is 0 Å². The molecule has 204 valence electrons. The van der Waals surface area contributed by atoms with Crippen LogP contribution in [0.2, 0.25) is 36.3 Å². The molecule has 6 aliphatic rings. The Kier molecular flexibility index (Phi) is 14.3. The second kappa shape index (κ2) is 15.6. The van der Waals surface area contributed by atoms with Crippen molar-refractivity contribution in [3.63, 3.8) is 0 Å². The fraction of sp³-hybridized carbons (Fsp3) is 0.688. The van der Waals surface area contributed by atoms with Crippen molar-refractivity contribution in [2.24, 2.45) is 23.7 Å². The summed E-state index contributed by atoms with van der Waals surface area (Å²) in [5.74, 6) is 3.48. The van der Waals surface area contributed by atoms with Crippen molar-refractivity contribution in [2.75, 3.05) is 0 Å². The Morgan fingerprint density at radius 2 is 1.00 bits per heavy atom. The normalized spacial score (nSPS) is 31.8. The second-order valence-electron chi connectivity index (χ2n) is 12.5. The van der Waals surface area contributed by atoms with Crippen LogP contribution in [0, 0.1) is 34.8 Å². The van der Waals surface area contributed by atoms with E-state index in [9.17, 15) is 0 Å². The maximum atomic E-state index is 2.52. The largest absolute Gasteiger partial charge is 4.00 e. The van der Waals surface area contributed by atoms with Crippen LogP contribution in [-0.4, -0.2) is 16.1 Å². The van der Waals surface area contributed by atoms with E-state index in [0.29, 0.717) is 0 Å². The molecule has 0 aromatic rings. The number of allylic oxidation sites excluding steroid dienone is 8. The summed E-state index contributed by atoms with van der Waals surface area (Å²) in [5.41, 5.74) is 4.14. The summed E-state index contributed by atoms with van der Waals surface area (Å²) in [7, 11) is -1.81. The molecule has 0 radical (unpaired) electrons. The van der Waals surface area contributed by atoms with E-state index in [-0.39, 0.29) is 46.5 Å². The average molecular weight is 610 g/mol. The zero-order valence-electron chi connectivity index (χ0n) is 23.5. The Labute approximate surface area is 258 Å². The van der Waals surface area contributed by atoms with Gasteiger partial charge in [-0.1, -0.05) is 154 Å². The molecule has 2 aliphatic heterocycles. The molecule has 0 aromatic carbocycles. The van der Waals surface area contributed by atoms with E-state index < -0.39 is 16.1 Å². The standard InChI is InChI=1S/2C16H25Si.2ClH.Ti/c2*1-2-3-11-17(12-6-13-17)16-10-9-14-7-4-5-8-15(14)16;;;/h2*4-5,7-8,14-15H,2-3,6,9-13H2,1H3;2*1H;/q2*-1;;;+4/p-2. The smallest absolute Gasteiger partial charge is 1.00 e. The van der Waals surface area contributed by atoms with Gasteiger partial charge in [-0.2, -0.15) is 12.8 Å². The van der Waals surface area contributed by atoms with Crippen LogP contribution in [0.4, 0.5) is 0 Å². The molecule has 5 heteroatoms. The summed E-state index contributed by atoms with van der Waals surface area (Å²) in [4.78, 5) is 0. The molecule has 4 unspecified atom stereocenters. The quantitative estimate of drug-likeness (QED) is 0.290. The van der Waals surface area contributed by atoms with Gasteiger partial charge in [-0.15, -0.1) is 24.0 Å². The van der Waals surface area contributed by atoms with E-state index in [1.807, 2.05) is 0 Å². The third-order valence-electron chi connectivity index (χ3n) is 10.8. The van der Waals surface area contributed by atoms with Crippen LogP contribution in [0.1, 0.15) is 78.1 Å². The maximum absolute atomic E-state index is 2.52. The van der Waals surface area contributed by atoms with E-state index >= 15 is 0 Å². The van der Waals surface area contributed by atoms with Crippen molar-refractivity contribution in [3.05, 3.63) is 59.7 Å². The first kappa shape index (κ1) is 33.9. The van der Waals surface area contributed by atoms with Gasteiger partial charge >= 0.3 is 21.7 Å². The second-order valence-corrected chi connectivity index (χ2v) is 21.9. The predicted octanol–water partition coefficient (Wildman–Crippen LogP) is 3.82. The van der Waals surface area contributed by atoms with Crippen LogP contribution in [-0.2, 0) is 21.7 Å². The van der Waals surface area contributed by atoms with Gasteiger partial charge in [0.1, 0.15) is 0 Å². The van der Waals surface area contributed by atoms with Crippen molar-refractivity contribution in [1.29, 1.82) is 0 Å². The molecule has 2 saturated heterocycles. The monoisotopic (exact) mass is 608 g/mol. The summed E-state index contributed by atoms with van der Waals surface area (Å²) >= 11 is 0. The van der Waals surface area contributed by atoms with Crippen molar-refractivity contribution >= 4 is 16.1 Å². The molecule has 2 saturated carbocycles. The van der Waals surface area contributed by atoms with Crippen LogP contribution in [0.3, 0.4) is 0 Å². The first-order valence-corrected chi connectivity index (χ1v) is 20.4. The van der Waals surface area contributed by atoms with Crippen molar-refractivity contribution in [3.8, 4) is 0 Å². The van der Waals surface area contributed by atoms with E-state index in [1.54, 1.807) is 36.3 Å². The van der Waals surface area contributed by atoms with Crippen molar-refractivity contribution in [2.45, 2.75) is 114 Å². The minimum absolute atomic E-state index is 0. The number of halogens is 2. The van der Waals surface area contributed by atoms with Crippen LogP contribution in [0.25, 0.3) is 0 Å². The molecule has 6 rings (SSSR count). The van der Waals surface area contributed by atoms with E-state index in [4.69, 9.17) is 0 Å². The van der Waals surface area contributed by atoms with Gasteiger partial charge in [0.2, 0.25) is 0 Å². The molecule has 0 N–H and O–H groups in total. The maximum Gasteiger partial charge on any atom is 4.00 e. The number of fused-ring (bicyclic) bond motifs is 2. The Morgan fingerprint density at radius 1 is 0.622 bits per heavy atom. The van der Waals surface area contributed by atoms with Crippen molar-refractivity contribution < 1.29 is 46.5 Å². The van der Waals surface area contributed by atoms with Gasteiger partial charge in [0.15, 0.2) is 0 Å². The molecule has 37 heavy (non-hydrogen) atoms. The molecule has 4 aliphatic carbocycles. The molecular formula is C32H50Cl2Si2Ti. The van der Waals surface area contributed by atoms with E-state index in [1.165, 1.54) is 64.2 Å². The van der Waals surface area contributed by atoms with Crippen molar-refractivity contribution in [1.82, 2.24) is 0 Å². The Bertz CT molecular complexity index is 733. The van der Waals surface area contributed by atoms with Crippen LogP contribution in [0.15, 0.2) is 48.6 Å². The van der Waals surface area contributed by atoms with Crippen LogP contribution >= 0.6 is 0 Å². The fourth-order valence-electron chi connectivity index (χ4n) is 8.52. The van der Waals surface area contributed by atoms with Crippen LogP contribution in [0.5, 0.6) is 0 Å². The molecule has 4 atom stereocenters. The number of rotatable bonds is 8. The zero-order valence-corrected chi connectivity index (χ0v) is 28.6. The van der Waals surface area contributed by atoms with Gasteiger partial charge in [-0.25, -0.2) is 0 Å². The third kappa shape index (κ3) is 7.13. The van der Waals surface area contributed by atoms with Gasteiger partial charge in [-0.05, 0) is 11.8 Å². The van der Waals surface area contributed by atoms with Gasteiger partial charge in [0.05, 0.1) is 0 Å². The predicted molar refractivity (Wildman–Crippen MR) is 155 cm³/mol. The van der Waals surface area contributed by atoms with E-state index in [0.717, 1.165) is 23.7 Å². The molecule has 0 spiro atoms. The first-order valence-electron chi connectivity index (χ1n) is 15.1. The first-order chi connectivity index (χ1) is 16.7. The minimum atomic E-state index is -0.907. The van der Waals surface area contributed by atoms with E-state index in [2.05, 4.69) is 73.5 Å². The van der Waals surface area contributed by atoms with Gasteiger partial charge < -0.3 is 35.9 Å². The molecule has 2 heterocycles. The molecular weight excluding hydrogens is 559 g/mol. The molecule has 4 fully saturated rings. The Morgan fingerprint density at radius 3 is 1.32 bits per heavy atom. The molecule has 0 aromatic heterocycles. The van der Waals surface area contributed by atoms with Crippen LogP contribution < -0.4 is 24.8 Å². The summed E-state index contributed by atoms with van der Waals surface area (Å²) in [6.07, 6.45) is 33.8. The van der Waals surface area contributed by atoms with Gasteiger partial charge in [0.25, 0.3) is 0 Å². The Balaban J connectivity index is 0.000000241. The topological polar surface area (TPSA) is 0 Å². The number of hydrogen-bond donors (Lipinski definition) is 0. The summed E-state index contributed by atoms with van der Waals surface area (Å²) in [6, 6.07) is 9.73. The van der Waals surface area contributed by atoms with Gasteiger partial charge in [-0.3, -0.25) is 0 Å².